The summed E-state index contributed by atoms with van der Waals surface area (Å²) in [6.45, 7) is 3.29. The highest BCUT2D eigenvalue weighted by molar-refractivity contribution is 7.15. The Balaban J connectivity index is 1.55. The van der Waals surface area contributed by atoms with E-state index in [0.29, 0.717) is 11.7 Å². The number of rotatable bonds is 4. The summed E-state index contributed by atoms with van der Waals surface area (Å²) in [6.07, 6.45) is 4.06. The quantitative estimate of drug-likeness (QED) is 0.888. The molecule has 1 aliphatic heterocycles. The predicted molar refractivity (Wildman–Crippen MR) is 78.1 cm³/mol. The molecule has 2 amide bonds. The summed E-state index contributed by atoms with van der Waals surface area (Å²) in [5.74, 6) is 1.81. The molecule has 21 heavy (non-hydrogen) atoms. The van der Waals surface area contributed by atoms with Gasteiger partial charge in [-0.3, -0.25) is 5.32 Å². The van der Waals surface area contributed by atoms with Crippen molar-refractivity contribution in [1.29, 1.82) is 0 Å². The number of hydrogen-bond donors (Lipinski definition) is 2. The molecule has 0 unspecified atom stereocenters. The summed E-state index contributed by atoms with van der Waals surface area (Å²) in [4.78, 5) is 11.8. The third-order valence-corrected chi connectivity index (χ3v) is 4.32. The molecular formula is C12H17N7OS. The molecule has 3 heterocycles. The largest absolute Gasteiger partial charge is 0.331 e. The molecule has 2 aromatic heterocycles. The normalized spacial score (nSPS) is 13.8. The van der Waals surface area contributed by atoms with Crippen LogP contribution in [0, 0.1) is 0 Å². The van der Waals surface area contributed by atoms with Gasteiger partial charge in [-0.25, -0.2) is 4.79 Å². The summed E-state index contributed by atoms with van der Waals surface area (Å²) < 4.78 is 2.09. The Morgan fingerprint density at radius 1 is 1.29 bits per heavy atom. The van der Waals surface area contributed by atoms with Crippen LogP contribution in [0.5, 0.6) is 0 Å². The molecule has 0 fully saturated rings. The minimum Gasteiger partial charge on any atom is -0.331 e. The number of fused-ring (bicyclic) bond motifs is 1. The van der Waals surface area contributed by atoms with Crippen LogP contribution in [0.25, 0.3) is 0 Å². The Kier molecular flexibility index (Phi) is 4.09. The second-order valence-electron chi connectivity index (χ2n) is 4.80. The lowest BCUT2D eigenvalue weighted by Crippen LogP contribution is -2.29. The Morgan fingerprint density at radius 2 is 2.19 bits per heavy atom. The van der Waals surface area contributed by atoms with Gasteiger partial charge in [-0.2, -0.15) is 0 Å². The van der Waals surface area contributed by atoms with Crippen molar-refractivity contribution < 1.29 is 4.79 Å². The van der Waals surface area contributed by atoms with Gasteiger partial charge in [0.25, 0.3) is 0 Å². The third kappa shape index (κ3) is 3.18. The topological polar surface area (TPSA) is 97.6 Å². The highest BCUT2D eigenvalue weighted by Gasteiger charge is 2.16. The first-order valence-electron chi connectivity index (χ1n) is 7.04. The number of urea groups is 1. The molecule has 112 valence electrons. The van der Waals surface area contributed by atoms with E-state index in [0.717, 1.165) is 48.9 Å². The van der Waals surface area contributed by atoms with Gasteiger partial charge in [-0.15, -0.1) is 20.4 Å². The van der Waals surface area contributed by atoms with Gasteiger partial charge in [-0.05, 0) is 19.3 Å². The monoisotopic (exact) mass is 307 g/mol. The standard InChI is InChI=1S/C12H17N7OS/c1-2-10-17-18-12(21-10)14-11(20)13-7-9-16-15-8-5-3-4-6-19(8)9/h2-7H2,1H3,(H2,13,14,18,20). The summed E-state index contributed by atoms with van der Waals surface area (Å²) in [5, 5.41) is 23.0. The van der Waals surface area contributed by atoms with Gasteiger partial charge >= 0.3 is 6.03 Å². The van der Waals surface area contributed by atoms with Crippen LogP contribution in [0.4, 0.5) is 9.93 Å². The van der Waals surface area contributed by atoms with Crippen molar-refractivity contribution in [2.24, 2.45) is 0 Å². The number of anilines is 1. The van der Waals surface area contributed by atoms with E-state index in [1.807, 2.05) is 6.92 Å². The number of carbonyl (C=O) groups is 1. The van der Waals surface area contributed by atoms with Crippen LogP contribution in [0.1, 0.15) is 36.4 Å². The second kappa shape index (κ2) is 6.17. The lowest BCUT2D eigenvalue weighted by atomic mass is 10.2. The van der Waals surface area contributed by atoms with Gasteiger partial charge in [0.05, 0.1) is 6.54 Å². The fourth-order valence-electron chi connectivity index (χ4n) is 2.25. The summed E-state index contributed by atoms with van der Waals surface area (Å²) in [6, 6.07) is -0.304. The van der Waals surface area contributed by atoms with E-state index < -0.39 is 0 Å². The second-order valence-corrected chi connectivity index (χ2v) is 5.87. The summed E-state index contributed by atoms with van der Waals surface area (Å²) in [7, 11) is 0. The minimum atomic E-state index is -0.304. The maximum atomic E-state index is 11.8. The number of aryl methyl sites for hydroxylation is 2. The number of amides is 2. The van der Waals surface area contributed by atoms with Crippen LogP contribution >= 0.6 is 11.3 Å². The zero-order chi connectivity index (χ0) is 14.7. The van der Waals surface area contributed by atoms with E-state index in [9.17, 15) is 4.79 Å². The highest BCUT2D eigenvalue weighted by atomic mass is 32.1. The first-order chi connectivity index (χ1) is 10.3. The molecule has 2 N–H and O–H groups in total. The Bertz CT molecular complexity index is 635. The van der Waals surface area contributed by atoms with Crippen LogP contribution in [-0.4, -0.2) is 31.0 Å². The molecule has 0 radical (unpaired) electrons. The number of hydrogen-bond acceptors (Lipinski definition) is 6. The lowest BCUT2D eigenvalue weighted by Gasteiger charge is -2.14. The zero-order valence-electron chi connectivity index (χ0n) is 11.8. The highest BCUT2D eigenvalue weighted by Crippen LogP contribution is 2.16. The molecule has 0 aromatic carbocycles. The number of nitrogens with one attached hydrogen (secondary N) is 2. The molecule has 8 nitrogen and oxygen atoms in total. The molecular weight excluding hydrogens is 290 g/mol. The van der Waals surface area contributed by atoms with Crippen LogP contribution < -0.4 is 10.6 Å². The SMILES string of the molecule is CCc1nnc(NC(=O)NCc2nnc3n2CCCC3)s1. The van der Waals surface area contributed by atoms with Gasteiger partial charge in [0.1, 0.15) is 10.8 Å². The molecule has 9 heteroatoms. The van der Waals surface area contributed by atoms with Crippen molar-refractivity contribution in [3.63, 3.8) is 0 Å². The minimum absolute atomic E-state index is 0.304. The van der Waals surface area contributed by atoms with E-state index in [1.165, 1.54) is 11.3 Å². The smallest absolute Gasteiger partial charge is 0.321 e. The number of carbonyl (C=O) groups excluding carboxylic acids is 1. The van der Waals surface area contributed by atoms with Crippen molar-refractivity contribution >= 4 is 22.5 Å². The van der Waals surface area contributed by atoms with Gasteiger partial charge < -0.3 is 9.88 Å². The fraction of sp³-hybridized carbons (Fsp3) is 0.583. The molecule has 0 spiro atoms. The maximum Gasteiger partial charge on any atom is 0.321 e. The molecule has 2 aromatic rings. The van der Waals surface area contributed by atoms with E-state index in [4.69, 9.17) is 0 Å². The van der Waals surface area contributed by atoms with Crippen molar-refractivity contribution in [2.75, 3.05) is 5.32 Å². The van der Waals surface area contributed by atoms with Crippen LogP contribution in [0.3, 0.4) is 0 Å². The van der Waals surface area contributed by atoms with Crippen molar-refractivity contribution in [3.8, 4) is 0 Å². The Morgan fingerprint density at radius 3 is 3.00 bits per heavy atom. The van der Waals surface area contributed by atoms with Crippen LogP contribution in [0.15, 0.2) is 0 Å². The van der Waals surface area contributed by atoms with E-state index in [-0.39, 0.29) is 6.03 Å². The fourth-order valence-corrected chi connectivity index (χ4v) is 2.92. The zero-order valence-corrected chi connectivity index (χ0v) is 12.6. The van der Waals surface area contributed by atoms with Crippen molar-refractivity contribution in [3.05, 3.63) is 16.7 Å². The molecule has 0 atom stereocenters. The summed E-state index contributed by atoms with van der Waals surface area (Å²) >= 11 is 1.38. The molecule has 0 aliphatic carbocycles. The number of nitrogens with zero attached hydrogens (tertiary/aromatic N) is 5. The molecule has 0 bridgehead atoms. The molecule has 1 aliphatic rings. The first-order valence-corrected chi connectivity index (χ1v) is 7.86. The van der Waals surface area contributed by atoms with Gasteiger partial charge in [0.2, 0.25) is 5.13 Å². The lowest BCUT2D eigenvalue weighted by molar-refractivity contribution is 0.251. The van der Waals surface area contributed by atoms with Crippen LogP contribution in [0.2, 0.25) is 0 Å². The third-order valence-electron chi connectivity index (χ3n) is 3.33. The molecule has 0 saturated carbocycles. The maximum absolute atomic E-state index is 11.8. The van der Waals surface area contributed by atoms with E-state index in [2.05, 4.69) is 35.6 Å². The first kappa shape index (κ1) is 13.9. The van der Waals surface area contributed by atoms with Crippen molar-refractivity contribution in [1.82, 2.24) is 30.3 Å². The molecule has 0 saturated heterocycles. The Labute approximate surface area is 126 Å². The number of aromatic nitrogens is 5. The van der Waals surface area contributed by atoms with Gasteiger partial charge in [-0.1, -0.05) is 18.3 Å². The average Bonchev–Trinajstić information content (AvgIpc) is 3.11. The van der Waals surface area contributed by atoms with E-state index in [1.54, 1.807) is 0 Å². The van der Waals surface area contributed by atoms with Crippen molar-refractivity contribution in [2.45, 2.75) is 45.7 Å². The van der Waals surface area contributed by atoms with E-state index >= 15 is 0 Å². The molecule has 3 rings (SSSR count). The van der Waals surface area contributed by atoms with Gasteiger partial charge in [0.15, 0.2) is 5.82 Å². The average molecular weight is 307 g/mol. The van der Waals surface area contributed by atoms with Crippen LogP contribution in [-0.2, 0) is 25.9 Å². The summed E-state index contributed by atoms with van der Waals surface area (Å²) in [5.41, 5.74) is 0. The predicted octanol–water partition coefficient (Wildman–Crippen LogP) is 1.35. The van der Waals surface area contributed by atoms with Gasteiger partial charge in [0, 0.05) is 13.0 Å². The Hall–Kier alpha value is -2.03.